The van der Waals surface area contributed by atoms with E-state index in [1.54, 1.807) is 0 Å². The van der Waals surface area contributed by atoms with Crippen molar-refractivity contribution in [3.05, 3.63) is 36.2 Å². The molecule has 104 valence electrons. The Hall–Kier alpha value is -2.12. The number of anilines is 2. The minimum atomic E-state index is -0.0873. The van der Waals surface area contributed by atoms with Crippen LogP contribution in [-0.4, -0.2) is 15.9 Å². The Labute approximate surface area is 121 Å². The molecule has 6 nitrogen and oxygen atoms in total. The standard InChI is InChI=1S/C13H15N5OS/c1-8-12(18-14)15-7-16-13(8)20-11-5-3-10(4-6-11)17-9(2)19/h3-7H,14H2,1-2H3,(H,17,19)(H,15,16,18). The van der Waals surface area contributed by atoms with Gasteiger partial charge in [0, 0.05) is 23.1 Å². The number of hydrogen-bond donors (Lipinski definition) is 3. The fourth-order valence-electron chi connectivity index (χ4n) is 1.60. The van der Waals surface area contributed by atoms with Gasteiger partial charge in [-0.2, -0.15) is 0 Å². The van der Waals surface area contributed by atoms with E-state index in [0.717, 1.165) is 21.2 Å². The van der Waals surface area contributed by atoms with Crippen LogP contribution in [0.5, 0.6) is 0 Å². The molecule has 1 amide bonds. The molecule has 2 aromatic rings. The van der Waals surface area contributed by atoms with Crippen LogP contribution in [0.3, 0.4) is 0 Å². The Morgan fingerprint density at radius 2 is 1.95 bits per heavy atom. The number of carbonyl (C=O) groups excluding carboxylic acids is 1. The molecular weight excluding hydrogens is 274 g/mol. The van der Waals surface area contributed by atoms with Crippen molar-refractivity contribution in [2.45, 2.75) is 23.8 Å². The molecule has 20 heavy (non-hydrogen) atoms. The molecule has 0 saturated carbocycles. The fourth-order valence-corrected chi connectivity index (χ4v) is 2.45. The Kier molecular flexibility index (Phi) is 4.54. The number of aromatic nitrogens is 2. The van der Waals surface area contributed by atoms with Crippen LogP contribution in [0.15, 0.2) is 40.5 Å². The third-order valence-corrected chi connectivity index (χ3v) is 3.68. The van der Waals surface area contributed by atoms with E-state index < -0.39 is 0 Å². The maximum atomic E-state index is 11.0. The summed E-state index contributed by atoms with van der Waals surface area (Å²) in [7, 11) is 0. The van der Waals surface area contributed by atoms with Crippen molar-refractivity contribution in [2.24, 2.45) is 5.84 Å². The average molecular weight is 289 g/mol. The zero-order chi connectivity index (χ0) is 14.5. The number of hydrazine groups is 1. The second-order valence-electron chi connectivity index (χ2n) is 4.10. The molecule has 4 N–H and O–H groups in total. The number of carbonyl (C=O) groups is 1. The second kappa shape index (κ2) is 6.36. The van der Waals surface area contributed by atoms with E-state index in [1.807, 2.05) is 31.2 Å². The maximum Gasteiger partial charge on any atom is 0.221 e. The van der Waals surface area contributed by atoms with Crippen LogP contribution in [0.1, 0.15) is 12.5 Å². The first kappa shape index (κ1) is 14.3. The van der Waals surface area contributed by atoms with Gasteiger partial charge in [0.25, 0.3) is 0 Å². The Morgan fingerprint density at radius 3 is 2.55 bits per heavy atom. The van der Waals surface area contributed by atoms with E-state index in [4.69, 9.17) is 5.84 Å². The predicted octanol–water partition coefficient (Wildman–Crippen LogP) is 2.18. The first-order valence-corrected chi connectivity index (χ1v) is 6.75. The van der Waals surface area contributed by atoms with Gasteiger partial charge < -0.3 is 10.7 Å². The number of hydrogen-bond acceptors (Lipinski definition) is 6. The second-order valence-corrected chi connectivity index (χ2v) is 5.17. The predicted molar refractivity (Wildman–Crippen MR) is 79.4 cm³/mol. The third kappa shape index (κ3) is 3.46. The van der Waals surface area contributed by atoms with Crippen LogP contribution in [-0.2, 0) is 4.79 Å². The van der Waals surface area contributed by atoms with Crippen molar-refractivity contribution < 1.29 is 4.79 Å². The van der Waals surface area contributed by atoms with Crippen molar-refractivity contribution in [1.82, 2.24) is 9.97 Å². The van der Waals surface area contributed by atoms with Gasteiger partial charge in [-0.05, 0) is 31.2 Å². The van der Waals surface area contributed by atoms with Gasteiger partial charge in [0.1, 0.15) is 17.2 Å². The van der Waals surface area contributed by atoms with Crippen molar-refractivity contribution >= 4 is 29.2 Å². The minimum Gasteiger partial charge on any atom is -0.326 e. The molecule has 0 aliphatic heterocycles. The molecule has 0 saturated heterocycles. The van der Waals surface area contributed by atoms with Crippen molar-refractivity contribution in [3.63, 3.8) is 0 Å². The minimum absolute atomic E-state index is 0.0873. The highest BCUT2D eigenvalue weighted by atomic mass is 32.2. The topological polar surface area (TPSA) is 92.9 Å². The van der Waals surface area contributed by atoms with E-state index >= 15 is 0 Å². The summed E-state index contributed by atoms with van der Waals surface area (Å²) in [5.74, 6) is 5.91. The number of rotatable bonds is 4. The number of benzene rings is 1. The van der Waals surface area contributed by atoms with E-state index in [1.165, 1.54) is 25.0 Å². The largest absolute Gasteiger partial charge is 0.326 e. The molecule has 0 unspecified atom stereocenters. The van der Waals surface area contributed by atoms with E-state index in [0.29, 0.717) is 5.82 Å². The number of nitrogen functional groups attached to an aromatic ring is 1. The summed E-state index contributed by atoms with van der Waals surface area (Å²) in [5, 5.41) is 3.56. The monoisotopic (exact) mass is 289 g/mol. The first-order chi connectivity index (χ1) is 9.60. The van der Waals surface area contributed by atoms with E-state index in [2.05, 4.69) is 20.7 Å². The van der Waals surface area contributed by atoms with Crippen LogP contribution in [0.25, 0.3) is 0 Å². The summed E-state index contributed by atoms with van der Waals surface area (Å²) in [4.78, 5) is 20.2. The van der Waals surface area contributed by atoms with Crippen LogP contribution in [0.4, 0.5) is 11.5 Å². The van der Waals surface area contributed by atoms with Crippen molar-refractivity contribution in [2.75, 3.05) is 10.7 Å². The molecule has 1 heterocycles. The average Bonchev–Trinajstić information content (AvgIpc) is 2.43. The van der Waals surface area contributed by atoms with Gasteiger partial charge in [-0.15, -0.1) is 0 Å². The van der Waals surface area contributed by atoms with Gasteiger partial charge in [0.2, 0.25) is 5.91 Å². The lowest BCUT2D eigenvalue weighted by atomic mass is 10.3. The first-order valence-electron chi connectivity index (χ1n) is 5.94. The van der Waals surface area contributed by atoms with Gasteiger partial charge in [-0.1, -0.05) is 11.8 Å². The zero-order valence-electron chi connectivity index (χ0n) is 11.2. The summed E-state index contributed by atoms with van der Waals surface area (Å²) in [6.45, 7) is 3.39. The molecule has 0 aliphatic rings. The summed E-state index contributed by atoms with van der Waals surface area (Å²) in [6, 6.07) is 7.55. The number of nitrogens with two attached hydrogens (primary N) is 1. The van der Waals surface area contributed by atoms with Gasteiger partial charge in [0.05, 0.1) is 0 Å². The van der Waals surface area contributed by atoms with Gasteiger partial charge in [-0.3, -0.25) is 4.79 Å². The van der Waals surface area contributed by atoms with Crippen LogP contribution < -0.4 is 16.6 Å². The number of nitrogens with one attached hydrogen (secondary N) is 2. The van der Waals surface area contributed by atoms with Gasteiger partial charge in [0.15, 0.2) is 0 Å². The molecule has 7 heteroatoms. The molecule has 1 aromatic heterocycles. The third-order valence-electron chi connectivity index (χ3n) is 2.56. The molecule has 0 aliphatic carbocycles. The highest BCUT2D eigenvalue weighted by Crippen LogP contribution is 2.30. The van der Waals surface area contributed by atoms with E-state index in [-0.39, 0.29) is 5.91 Å². The summed E-state index contributed by atoms with van der Waals surface area (Å²) in [5.41, 5.74) is 4.20. The Morgan fingerprint density at radius 1 is 1.25 bits per heavy atom. The van der Waals surface area contributed by atoms with Crippen LogP contribution in [0, 0.1) is 6.92 Å². The molecule has 0 fully saturated rings. The molecule has 2 rings (SSSR count). The Bertz CT molecular complexity index is 615. The molecule has 0 atom stereocenters. The molecular formula is C13H15N5OS. The molecule has 1 aromatic carbocycles. The molecule has 0 bridgehead atoms. The maximum absolute atomic E-state index is 11.0. The summed E-state index contributed by atoms with van der Waals surface area (Å²) < 4.78 is 0. The quantitative estimate of drug-likeness (QED) is 0.454. The smallest absolute Gasteiger partial charge is 0.221 e. The lowest BCUT2D eigenvalue weighted by Gasteiger charge is -2.08. The molecule has 0 spiro atoms. The number of nitrogens with zero attached hydrogens (tertiary/aromatic N) is 2. The molecule has 0 radical (unpaired) electrons. The lowest BCUT2D eigenvalue weighted by molar-refractivity contribution is -0.114. The van der Waals surface area contributed by atoms with Gasteiger partial charge in [-0.25, -0.2) is 15.8 Å². The fraction of sp³-hybridized carbons (Fsp3) is 0.154. The van der Waals surface area contributed by atoms with Crippen LogP contribution in [0.2, 0.25) is 0 Å². The number of amides is 1. The summed E-state index contributed by atoms with van der Waals surface area (Å²) in [6.07, 6.45) is 1.47. The van der Waals surface area contributed by atoms with Crippen molar-refractivity contribution in [3.8, 4) is 0 Å². The van der Waals surface area contributed by atoms with Gasteiger partial charge >= 0.3 is 0 Å². The van der Waals surface area contributed by atoms with Crippen molar-refractivity contribution in [1.29, 1.82) is 0 Å². The lowest BCUT2D eigenvalue weighted by Crippen LogP contribution is -2.10. The van der Waals surface area contributed by atoms with Crippen LogP contribution >= 0.6 is 11.8 Å². The summed E-state index contributed by atoms with van der Waals surface area (Å²) >= 11 is 1.51. The Balaban J connectivity index is 2.16. The highest BCUT2D eigenvalue weighted by Gasteiger charge is 2.07. The zero-order valence-corrected chi connectivity index (χ0v) is 12.0. The SMILES string of the molecule is CC(=O)Nc1ccc(Sc2ncnc(NN)c2C)cc1. The highest BCUT2D eigenvalue weighted by molar-refractivity contribution is 7.99. The van der Waals surface area contributed by atoms with E-state index in [9.17, 15) is 4.79 Å². The normalized spacial score (nSPS) is 10.2.